The Morgan fingerprint density at radius 1 is 1.40 bits per heavy atom. The molecule has 0 nitrogen and oxygen atoms in total. The molecule has 2 unspecified atom stereocenters. The Bertz CT molecular complexity index is 122. The summed E-state index contributed by atoms with van der Waals surface area (Å²) in [5, 5.41) is 0. The van der Waals surface area contributed by atoms with E-state index in [1.165, 1.54) is 12.8 Å². The summed E-state index contributed by atoms with van der Waals surface area (Å²) < 4.78 is 0. The van der Waals surface area contributed by atoms with Crippen molar-refractivity contribution in [2.75, 3.05) is 0 Å². The van der Waals surface area contributed by atoms with Crippen molar-refractivity contribution in [2.24, 2.45) is 17.8 Å². The third-order valence-corrected chi connectivity index (χ3v) is 2.45. The van der Waals surface area contributed by atoms with Gasteiger partial charge in [0.15, 0.2) is 0 Å². The topological polar surface area (TPSA) is 0 Å². The predicted molar refractivity (Wildman–Crippen MR) is 45.9 cm³/mol. The van der Waals surface area contributed by atoms with Gasteiger partial charge in [0.1, 0.15) is 0 Å². The molecule has 0 heterocycles. The zero-order chi connectivity index (χ0) is 7.56. The lowest BCUT2D eigenvalue weighted by Crippen LogP contribution is -2.13. The highest BCUT2D eigenvalue weighted by molar-refractivity contribution is 4.96. The van der Waals surface area contributed by atoms with E-state index in [4.69, 9.17) is 0 Å². The molecule has 0 N–H and O–H groups in total. The molecule has 10 heavy (non-hydrogen) atoms. The zero-order valence-electron chi connectivity index (χ0n) is 7.30. The smallest absolute Gasteiger partial charge is 0.0208 e. The molecule has 0 aromatic rings. The van der Waals surface area contributed by atoms with Crippen molar-refractivity contribution in [3.63, 3.8) is 0 Å². The number of hydrogen-bond donors (Lipinski definition) is 0. The van der Waals surface area contributed by atoms with Crippen LogP contribution in [-0.2, 0) is 0 Å². The lowest BCUT2D eigenvalue weighted by Gasteiger charge is -2.24. The average molecular weight is 138 g/mol. The molecule has 1 rings (SSSR count). The SMILES string of the molecule is CC1CC=CC(C(C)C)C1. The van der Waals surface area contributed by atoms with Gasteiger partial charge in [-0.1, -0.05) is 32.9 Å². The molecule has 0 amide bonds. The fraction of sp³-hybridized carbons (Fsp3) is 0.800. The highest BCUT2D eigenvalue weighted by Crippen LogP contribution is 2.27. The molecule has 58 valence electrons. The van der Waals surface area contributed by atoms with Crippen LogP contribution in [0, 0.1) is 17.8 Å². The Morgan fingerprint density at radius 3 is 2.50 bits per heavy atom. The molecule has 0 radical (unpaired) electrons. The van der Waals surface area contributed by atoms with Crippen molar-refractivity contribution in [3.8, 4) is 0 Å². The van der Waals surface area contributed by atoms with Crippen LogP contribution in [0.25, 0.3) is 0 Å². The second-order valence-corrected chi connectivity index (χ2v) is 3.91. The van der Waals surface area contributed by atoms with E-state index in [0.717, 1.165) is 17.8 Å². The minimum atomic E-state index is 0.832. The monoisotopic (exact) mass is 138 g/mol. The van der Waals surface area contributed by atoms with Gasteiger partial charge < -0.3 is 0 Å². The first-order valence-electron chi connectivity index (χ1n) is 4.37. The molecule has 2 atom stereocenters. The lowest BCUT2D eigenvalue weighted by atomic mass is 9.82. The molecular formula is C10H18. The fourth-order valence-corrected chi connectivity index (χ4v) is 1.62. The van der Waals surface area contributed by atoms with Gasteiger partial charge in [-0.3, -0.25) is 0 Å². The van der Waals surface area contributed by atoms with Crippen molar-refractivity contribution < 1.29 is 0 Å². The highest BCUT2D eigenvalue weighted by Gasteiger charge is 2.16. The highest BCUT2D eigenvalue weighted by atomic mass is 14.2. The van der Waals surface area contributed by atoms with Crippen LogP contribution in [0.2, 0.25) is 0 Å². The summed E-state index contributed by atoms with van der Waals surface area (Å²) in [5.74, 6) is 2.60. The Morgan fingerprint density at radius 2 is 2.10 bits per heavy atom. The third-order valence-electron chi connectivity index (χ3n) is 2.45. The number of rotatable bonds is 1. The summed E-state index contributed by atoms with van der Waals surface area (Å²) in [6.07, 6.45) is 7.43. The molecule has 0 spiro atoms. The van der Waals surface area contributed by atoms with Crippen molar-refractivity contribution in [2.45, 2.75) is 33.6 Å². The first kappa shape index (κ1) is 7.84. The van der Waals surface area contributed by atoms with Gasteiger partial charge in [0, 0.05) is 0 Å². The van der Waals surface area contributed by atoms with Crippen LogP contribution < -0.4 is 0 Å². The minimum Gasteiger partial charge on any atom is -0.0880 e. The van der Waals surface area contributed by atoms with E-state index < -0.39 is 0 Å². The van der Waals surface area contributed by atoms with E-state index in [0.29, 0.717) is 0 Å². The maximum atomic E-state index is 2.39. The second kappa shape index (κ2) is 3.23. The standard InChI is InChI=1S/C10H18/c1-8(2)10-6-4-5-9(3)7-10/h4,6,8-10H,5,7H2,1-3H3. The largest absolute Gasteiger partial charge is 0.0880 e. The van der Waals surface area contributed by atoms with Gasteiger partial charge in [0.25, 0.3) is 0 Å². The molecule has 1 aliphatic carbocycles. The van der Waals surface area contributed by atoms with E-state index >= 15 is 0 Å². The van der Waals surface area contributed by atoms with E-state index in [9.17, 15) is 0 Å². The summed E-state index contributed by atoms with van der Waals surface area (Å²) in [5.41, 5.74) is 0. The van der Waals surface area contributed by atoms with Crippen LogP contribution in [0.1, 0.15) is 33.6 Å². The molecule has 0 heteroatoms. The van der Waals surface area contributed by atoms with Gasteiger partial charge in [-0.05, 0) is 30.6 Å². The van der Waals surface area contributed by atoms with E-state index in [1.54, 1.807) is 0 Å². The van der Waals surface area contributed by atoms with Crippen LogP contribution in [0.4, 0.5) is 0 Å². The van der Waals surface area contributed by atoms with Gasteiger partial charge in [-0.2, -0.15) is 0 Å². The summed E-state index contributed by atoms with van der Waals surface area (Å²) in [7, 11) is 0. The molecule has 0 fully saturated rings. The Balaban J connectivity index is 2.47. The maximum absolute atomic E-state index is 2.39. The molecule has 0 saturated heterocycles. The van der Waals surface area contributed by atoms with Gasteiger partial charge in [-0.25, -0.2) is 0 Å². The van der Waals surface area contributed by atoms with Gasteiger partial charge in [-0.15, -0.1) is 0 Å². The number of allylic oxidation sites excluding steroid dienone is 2. The fourth-order valence-electron chi connectivity index (χ4n) is 1.62. The quantitative estimate of drug-likeness (QED) is 0.488. The normalized spacial score (nSPS) is 33.2. The number of hydrogen-bond acceptors (Lipinski definition) is 0. The van der Waals surface area contributed by atoms with Gasteiger partial charge in [0.05, 0.1) is 0 Å². The van der Waals surface area contributed by atoms with Crippen molar-refractivity contribution in [1.29, 1.82) is 0 Å². The molecule has 0 bridgehead atoms. The molecule has 1 aliphatic rings. The molecule has 0 aromatic heterocycles. The molecule has 0 aromatic carbocycles. The minimum absolute atomic E-state index is 0.832. The summed E-state index contributed by atoms with van der Waals surface area (Å²) in [6.45, 7) is 6.97. The van der Waals surface area contributed by atoms with Crippen LogP contribution in [0.5, 0.6) is 0 Å². The van der Waals surface area contributed by atoms with E-state index in [2.05, 4.69) is 32.9 Å². The first-order chi connectivity index (χ1) is 4.70. The predicted octanol–water partition coefficient (Wildman–Crippen LogP) is 3.24. The summed E-state index contributed by atoms with van der Waals surface area (Å²) in [4.78, 5) is 0. The Hall–Kier alpha value is -0.260. The van der Waals surface area contributed by atoms with Crippen LogP contribution >= 0.6 is 0 Å². The Kier molecular flexibility index (Phi) is 2.53. The van der Waals surface area contributed by atoms with E-state index in [-0.39, 0.29) is 0 Å². The van der Waals surface area contributed by atoms with Gasteiger partial charge in [0.2, 0.25) is 0 Å². The van der Waals surface area contributed by atoms with Crippen LogP contribution in [-0.4, -0.2) is 0 Å². The average Bonchev–Trinajstić information content (AvgIpc) is 1.88. The second-order valence-electron chi connectivity index (χ2n) is 3.91. The Labute approximate surface area is 64.3 Å². The van der Waals surface area contributed by atoms with Crippen LogP contribution in [0.15, 0.2) is 12.2 Å². The van der Waals surface area contributed by atoms with Crippen molar-refractivity contribution in [3.05, 3.63) is 12.2 Å². The van der Waals surface area contributed by atoms with Crippen molar-refractivity contribution >= 4 is 0 Å². The lowest BCUT2D eigenvalue weighted by molar-refractivity contribution is 0.350. The first-order valence-corrected chi connectivity index (χ1v) is 4.37. The third kappa shape index (κ3) is 1.86. The van der Waals surface area contributed by atoms with E-state index in [1.807, 2.05) is 0 Å². The van der Waals surface area contributed by atoms with Crippen LogP contribution in [0.3, 0.4) is 0 Å². The van der Waals surface area contributed by atoms with Crippen molar-refractivity contribution in [1.82, 2.24) is 0 Å². The summed E-state index contributed by atoms with van der Waals surface area (Å²) >= 11 is 0. The molecule has 0 saturated carbocycles. The van der Waals surface area contributed by atoms with Gasteiger partial charge >= 0.3 is 0 Å². The summed E-state index contributed by atoms with van der Waals surface area (Å²) in [6, 6.07) is 0. The maximum Gasteiger partial charge on any atom is -0.0208 e. The molecular weight excluding hydrogens is 120 g/mol. The molecule has 0 aliphatic heterocycles. The zero-order valence-corrected chi connectivity index (χ0v) is 7.30.